The molecule has 96 valence electrons. The fourth-order valence-corrected chi connectivity index (χ4v) is 4.76. The van der Waals surface area contributed by atoms with Gasteiger partial charge in [-0.3, -0.25) is 4.79 Å². The van der Waals surface area contributed by atoms with Gasteiger partial charge in [-0.05, 0) is 38.1 Å². The minimum atomic E-state index is -0.535. The van der Waals surface area contributed by atoms with Gasteiger partial charge >= 0.3 is 5.97 Å². The second-order valence-corrected chi connectivity index (χ2v) is 6.27. The van der Waals surface area contributed by atoms with Crippen LogP contribution in [-0.4, -0.2) is 35.1 Å². The lowest BCUT2D eigenvalue weighted by Crippen LogP contribution is -2.51. The number of piperidine rings is 1. The zero-order valence-electron chi connectivity index (χ0n) is 10.6. The maximum absolute atomic E-state index is 11.5. The van der Waals surface area contributed by atoms with Gasteiger partial charge in [-0.15, -0.1) is 0 Å². The van der Waals surface area contributed by atoms with E-state index < -0.39 is 5.97 Å². The Kier molecular flexibility index (Phi) is 2.89. The van der Waals surface area contributed by atoms with E-state index in [1.54, 1.807) is 0 Å². The molecule has 0 radical (unpaired) electrons. The number of carbonyl (C=O) groups is 1. The highest BCUT2D eigenvalue weighted by Crippen LogP contribution is 2.48. The molecule has 0 aromatic carbocycles. The molecule has 2 bridgehead atoms. The van der Waals surface area contributed by atoms with E-state index in [0.717, 1.165) is 6.42 Å². The molecule has 2 heterocycles. The predicted octanol–water partition coefficient (Wildman–Crippen LogP) is 2.36. The van der Waals surface area contributed by atoms with Crippen molar-refractivity contribution in [2.75, 3.05) is 7.05 Å². The van der Waals surface area contributed by atoms with Gasteiger partial charge in [-0.25, -0.2) is 0 Å². The van der Waals surface area contributed by atoms with Crippen LogP contribution in [0.2, 0.25) is 0 Å². The third kappa shape index (κ3) is 1.79. The van der Waals surface area contributed by atoms with E-state index >= 15 is 0 Å². The summed E-state index contributed by atoms with van der Waals surface area (Å²) >= 11 is 0. The smallest absolute Gasteiger partial charge is 0.306 e. The third-order valence-electron chi connectivity index (χ3n) is 5.59. The summed E-state index contributed by atoms with van der Waals surface area (Å²) in [6.45, 7) is 0. The van der Waals surface area contributed by atoms with Crippen LogP contribution in [0.4, 0.5) is 0 Å². The molecule has 1 saturated carbocycles. The molecule has 3 rings (SSSR count). The second-order valence-electron chi connectivity index (χ2n) is 6.27. The van der Waals surface area contributed by atoms with Crippen LogP contribution >= 0.6 is 0 Å². The Morgan fingerprint density at radius 3 is 2.53 bits per heavy atom. The number of fused-ring (bicyclic) bond motifs is 2. The van der Waals surface area contributed by atoms with Gasteiger partial charge in [-0.1, -0.05) is 25.7 Å². The quantitative estimate of drug-likeness (QED) is 0.801. The molecule has 1 aliphatic carbocycles. The van der Waals surface area contributed by atoms with E-state index in [0.29, 0.717) is 23.9 Å². The van der Waals surface area contributed by atoms with Crippen molar-refractivity contribution >= 4 is 5.97 Å². The fraction of sp³-hybridized carbons (Fsp3) is 0.929. The zero-order valence-corrected chi connectivity index (χ0v) is 10.6. The van der Waals surface area contributed by atoms with E-state index in [1.807, 2.05) is 0 Å². The maximum Gasteiger partial charge on any atom is 0.306 e. The molecule has 2 saturated heterocycles. The van der Waals surface area contributed by atoms with Crippen molar-refractivity contribution in [1.29, 1.82) is 0 Å². The molecule has 17 heavy (non-hydrogen) atoms. The van der Waals surface area contributed by atoms with Gasteiger partial charge in [0.2, 0.25) is 0 Å². The van der Waals surface area contributed by atoms with E-state index in [1.165, 1.54) is 38.5 Å². The highest BCUT2D eigenvalue weighted by Gasteiger charge is 2.50. The van der Waals surface area contributed by atoms with Crippen molar-refractivity contribution in [2.45, 2.75) is 57.0 Å². The van der Waals surface area contributed by atoms with Gasteiger partial charge in [0.15, 0.2) is 0 Å². The Morgan fingerprint density at radius 2 is 1.88 bits per heavy atom. The highest BCUT2D eigenvalue weighted by atomic mass is 16.4. The first kappa shape index (κ1) is 11.5. The number of hydrogen-bond donors (Lipinski definition) is 1. The summed E-state index contributed by atoms with van der Waals surface area (Å²) in [7, 11) is 2.21. The zero-order chi connectivity index (χ0) is 12.0. The Hall–Kier alpha value is -0.570. The highest BCUT2D eigenvalue weighted by molar-refractivity contribution is 5.71. The summed E-state index contributed by atoms with van der Waals surface area (Å²) in [6, 6.07) is 1.09. The molecule has 2 aliphatic heterocycles. The molecular formula is C14H23NO2. The van der Waals surface area contributed by atoms with Gasteiger partial charge in [-0.2, -0.15) is 0 Å². The molecule has 0 amide bonds. The molecule has 1 N–H and O–H groups in total. The minimum Gasteiger partial charge on any atom is -0.481 e. The topological polar surface area (TPSA) is 40.5 Å². The molecule has 3 nitrogen and oxygen atoms in total. The summed E-state index contributed by atoms with van der Waals surface area (Å²) in [4.78, 5) is 14.0. The molecule has 3 fully saturated rings. The van der Waals surface area contributed by atoms with Gasteiger partial charge in [0, 0.05) is 12.1 Å². The number of hydrogen-bond acceptors (Lipinski definition) is 2. The molecule has 0 aromatic rings. The van der Waals surface area contributed by atoms with E-state index in [4.69, 9.17) is 0 Å². The summed E-state index contributed by atoms with van der Waals surface area (Å²) < 4.78 is 0. The van der Waals surface area contributed by atoms with Gasteiger partial charge < -0.3 is 10.0 Å². The van der Waals surface area contributed by atoms with Crippen molar-refractivity contribution in [3.8, 4) is 0 Å². The van der Waals surface area contributed by atoms with E-state index in [9.17, 15) is 9.90 Å². The maximum atomic E-state index is 11.5. The average molecular weight is 237 g/mol. The molecule has 0 aromatic heterocycles. The lowest BCUT2D eigenvalue weighted by Gasteiger charge is -2.44. The Labute approximate surface area is 103 Å². The van der Waals surface area contributed by atoms with Crippen LogP contribution < -0.4 is 0 Å². The number of aliphatic carboxylic acids is 1. The lowest BCUT2D eigenvalue weighted by atomic mass is 9.72. The molecular weight excluding hydrogens is 214 g/mol. The van der Waals surface area contributed by atoms with Crippen molar-refractivity contribution in [1.82, 2.24) is 4.90 Å². The Balaban J connectivity index is 1.86. The number of carboxylic acids is 1. The molecule has 3 heteroatoms. The molecule has 4 atom stereocenters. The molecule has 4 unspecified atom stereocenters. The van der Waals surface area contributed by atoms with Crippen LogP contribution in [0.15, 0.2) is 0 Å². The van der Waals surface area contributed by atoms with Crippen LogP contribution in [-0.2, 0) is 4.79 Å². The average Bonchev–Trinajstić information content (AvgIpc) is 2.87. The van der Waals surface area contributed by atoms with Gasteiger partial charge in [0.25, 0.3) is 0 Å². The van der Waals surface area contributed by atoms with Gasteiger partial charge in [0.1, 0.15) is 0 Å². The van der Waals surface area contributed by atoms with Crippen LogP contribution in [0.3, 0.4) is 0 Å². The molecule has 0 spiro atoms. The summed E-state index contributed by atoms with van der Waals surface area (Å²) in [5.41, 5.74) is 0. The Bertz CT molecular complexity index is 311. The summed E-state index contributed by atoms with van der Waals surface area (Å²) in [6.07, 6.45) is 8.50. The van der Waals surface area contributed by atoms with Crippen molar-refractivity contribution in [2.24, 2.45) is 17.8 Å². The minimum absolute atomic E-state index is 0.0631. The molecule has 3 aliphatic rings. The monoisotopic (exact) mass is 237 g/mol. The Morgan fingerprint density at radius 1 is 1.18 bits per heavy atom. The van der Waals surface area contributed by atoms with Crippen molar-refractivity contribution in [3.05, 3.63) is 0 Å². The van der Waals surface area contributed by atoms with E-state index in [-0.39, 0.29) is 5.92 Å². The van der Waals surface area contributed by atoms with Crippen LogP contribution in [0.5, 0.6) is 0 Å². The largest absolute Gasteiger partial charge is 0.481 e. The SMILES string of the molecule is CN1C2CCC1C(C1CCCC1)C(C(=O)O)C2. The first-order valence-corrected chi connectivity index (χ1v) is 7.13. The second kappa shape index (κ2) is 4.27. The summed E-state index contributed by atoms with van der Waals surface area (Å²) in [5.74, 6) is 0.514. The standard InChI is InChI=1S/C14H23NO2/c1-15-10-6-7-12(15)13(9-4-2-3-5-9)11(8-10)14(16)17/h9-13H,2-8H2,1H3,(H,16,17). The normalized spacial score (nSPS) is 43.1. The van der Waals surface area contributed by atoms with Crippen molar-refractivity contribution in [3.63, 3.8) is 0 Å². The first-order valence-electron chi connectivity index (χ1n) is 7.13. The summed E-state index contributed by atoms with van der Waals surface area (Å²) in [5, 5.41) is 9.50. The third-order valence-corrected chi connectivity index (χ3v) is 5.59. The van der Waals surface area contributed by atoms with Gasteiger partial charge in [0.05, 0.1) is 5.92 Å². The predicted molar refractivity (Wildman–Crippen MR) is 65.8 cm³/mol. The van der Waals surface area contributed by atoms with Crippen LogP contribution in [0.1, 0.15) is 44.9 Å². The van der Waals surface area contributed by atoms with Crippen molar-refractivity contribution < 1.29 is 9.90 Å². The lowest BCUT2D eigenvalue weighted by molar-refractivity contribution is -0.148. The number of nitrogens with zero attached hydrogens (tertiary/aromatic N) is 1. The number of rotatable bonds is 2. The number of carboxylic acid groups (broad SMARTS) is 1. The fourth-order valence-electron chi connectivity index (χ4n) is 4.76. The van der Waals surface area contributed by atoms with Crippen LogP contribution in [0.25, 0.3) is 0 Å². The first-order chi connectivity index (χ1) is 8.18. The van der Waals surface area contributed by atoms with E-state index in [2.05, 4.69) is 11.9 Å². The van der Waals surface area contributed by atoms with Crippen LogP contribution in [0, 0.1) is 17.8 Å².